The number of nitrogens with one attached hydrogen (secondary N) is 1. The maximum absolute atomic E-state index is 12.0. The smallest absolute Gasteiger partial charge is 0.241 e. The van der Waals surface area contributed by atoms with E-state index in [0.29, 0.717) is 11.4 Å². The first-order valence-corrected chi connectivity index (χ1v) is 6.45. The van der Waals surface area contributed by atoms with Gasteiger partial charge in [0.1, 0.15) is 5.75 Å². The first kappa shape index (κ1) is 15.0. The van der Waals surface area contributed by atoms with Crippen molar-refractivity contribution in [3.8, 4) is 5.75 Å². The number of methoxy groups -OCH3 is 1. The van der Waals surface area contributed by atoms with Crippen LogP contribution in [0.4, 0.5) is 5.69 Å². The fourth-order valence-corrected chi connectivity index (χ4v) is 1.68. The molecule has 0 heterocycles. The summed E-state index contributed by atoms with van der Waals surface area (Å²) in [5, 5.41) is 2.80. The van der Waals surface area contributed by atoms with Gasteiger partial charge >= 0.3 is 0 Å². The number of halogens is 1. The number of carbonyl (C=O) groups excluding carboxylic acids is 1. The standard InChI is InChI=1S/C13H19BrN2O2/c1-13(2,3)11(15)12(17)16-10-7-8(18-4)5-6-9(10)14/h5-7,11H,15H2,1-4H3,(H,16,17). The number of ether oxygens (including phenoxy) is 1. The topological polar surface area (TPSA) is 64.3 Å². The molecule has 0 aliphatic heterocycles. The molecule has 0 aromatic heterocycles. The predicted octanol–water partition coefficient (Wildman–Crippen LogP) is 2.77. The minimum Gasteiger partial charge on any atom is -0.497 e. The maximum atomic E-state index is 12.0. The van der Waals surface area contributed by atoms with Crippen molar-refractivity contribution in [1.82, 2.24) is 0 Å². The molecule has 1 unspecified atom stereocenters. The van der Waals surface area contributed by atoms with Crippen LogP contribution in [0.15, 0.2) is 22.7 Å². The Morgan fingerprint density at radius 3 is 2.56 bits per heavy atom. The number of carbonyl (C=O) groups is 1. The molecule has 3 N–H and O–H groups in total. The van der Waals surface area contributed by atoms with Crippen molar-refractivity contribution in [2.75, 3.05) is 12.4 Å². The highest BCUT2D eigenvalue weighted by Crippen LogP contribution is 2.28. The molecule has 0 spiro atoms. The van der Waals surface area contributed by atoms with Gasteiger partial charge in [-0.2, -0.15) is 0 Å². The summed E-state index contributed by atoms with van der Waals surface area (Å²) in [7, 11) is 1.58. The molecule has 0 aliphatic rings. The lowest BCUT2D eigenvalue weighted by Gasteiger charge is -2.26. The minimum absolute atomic E-state index is 0.212. The van der Waals surface area contributed by atoms with Gasteiger partial charge in [-0.3, -0.25) is 4.79 Å². The third-order valence-electron chi connectivity index (χ3n) is 2.65. The Morgan fingerprint density at radius 2 is 2.06 bits per heavy atom. The van der Waals surface area contributed by atoms with Gasteiger partial charge in [-0.05, 0) is 33.5 Å². The lowest BCUT2D eigenvalue weighted by molar-refractivity contribution is -0.119. The number of rotatable bonds is 3. The van der Waals surface area contributed by atoms with Gasteiger partial charge < -0.3 is 15.8 Å². The summed E-state index contributed by atoms with van der Waals surface area (Å²) in [5.74, 6) is 0.467. The third kappa shape index (κ3) is 3.71. The van der Waals surface area contributed by atoms with Crippen molar-refractivity contribution >= 4 is 27.5 Å². The summed E-state index contributed by atoms with van der Waals surface area (Å²) in [5.41, 5.74) is 6.27. The van der Waals surface area contributed by atoms with Crippen LogP contribution in [0.1, 0.15) is 20.8 Å². The van der Waals surface area contributed by atoms with Crippen LogP contribution in [0, 0.1) is 5.41 Å². The molecule has 100 valence electrons. The van der Waals surface area contributed by atoms with Crippen LogP contribution in [0.5, 0.6) is 5.75 Å². The molecule has 0 fully saturated rings. The van der Waals surface area contributed by atoms with Crippen molar-refractivity contribution < 1.29 is 9.53 Å². The Labute approximate surface area is 116 Å². The van der Waals surface area contributed by atoms with Crippen molar-refractivity contribution in [3.05, 3.63) is 22.7 Å². The van der Waals surface area contributed by atoms with Gasteiger partial charge in [-0.25, -0.2) is 0 Å². The van der Waals surface area contributed by atoms with E-state index in [1.807, 2.05) is 32.9 Å². The molecule has 1 atom stereocenters. The van der Waals surface area contributed by atoms with Gasteiger partial charge in [0.15, 0.2) is 0 Å². The zero-order valence-electron chi connectivity index (χ0n) is 11.1. The monoisotopic (exact) mass is 314 g/mol. The van der Waals surface area contributed by atoms with E-state index in [4.69, 9.17) is 10.5 Å². The second kappa shape index (κ2) is 5.71. The number of nitrogens with two attached hydrogens (primary N) is 1. The van der Waals surface area contributed by atoms with E-state index >= 15 is 0 Å². The summed E-state index contributed by atoms with van der Waals surface area (Å²) in [4.78, 5) is 12.0. The summed E-state index contributed by atoms with van der Waals surface area (Å²) < 4.78 is 5.91. The van der Waals surface area contributed by atoms with Crippen molar-refractivity contribution in [1.29, 1.82) is 0 Å². The van der Waals surface area contributed by atoms with E-state index in [2.05, 4.69) is 21.2 Å². The number of anilines is 1. The zero-order chi connectivity index (χ0) is 13.9. The van der Waals surface area contributed by atoms with Gasteiger partial charge in [0.25, 0.3) is 0 Å². The lowest BCUT2D eigenvalue weighted by Crippen LogP contribution is -2.45. The van der Waals surface area contributed by atoms with Gasteiger partial charge in [0.2, 0.25) is 5.91 Å². The summed E-state index contributed by atoms with van der Waals surface area (Å²) in [6, 6.07) is 4.80. The minimum atomic E-state index is -0.574. The number of hydrogen-bond acceptors (Lipinski definition) is 3. The molecule has 0 bridgehead atoms. The Morgan fingerprint density at radius 1 is 1.44 bits per heavy atom. The molecule has 4 nitrogen and oxygen atoms in total. The Bertz CT molecular complexity index is 441. The second-order valence-electron chi connectivity index (χ2n) is 5.18. The van der Waals surface area contributed by atoms with E-state index in [9.17, 15) is 4.79 Å². The molecule has 0 aliphatic carbocycles. The Balaban J connectivity index is 2.88. The second-order valence-corrected chi connectivity index (χ2v) is 6.03. The van der Waals surface area contributed by atoms with Crippen LogP contribution in [0.2, 0.25) is 0 Å². The lowest BCUT2D eigenvalue weighted by atomic mass is 9.87. The molecule has 1 aromatic rings. The van der Waals surface area contributed by atoms with Crippen LogP contribution >= 0.6 is 15.9 Å². The molecule has 0 saturated heterocycles. The molecular weight excluding hydrogens is 296 g/mol. The van der Waals surface area contributed by atoms with Gasteiger partial charge in [-0.15, -0.1) is 0 Å². The fraction of sp³-hybridized carbons (Fsp3) is 0.462. The highest BCUT2D eigenvalue weighted by atomic mass is 79.9. The third-order valence-corrected chi connectivity index (χ3v) is 3.34. The molecule has 5 heteroatoms. The van der Waals surface area contributed by atoms with E-state index in [1.54, 1.807) is 13.2 Å². The van der Waals surface area contributed by atoms with Gasteiger partial charge in [0.05, 0.1) is 18.8 Å². The molecule has 1 rings (SSSR count). The summed E-state index contributed by atoms with van der Waals surface area (Å²) in [6.45, 7) is 5.79. The van der Waals surface area contributed by atoms with Crippen LogP contribution in [0.25, 0.3) is 0 Å². The Kier molecular flexibility index (Phi) is 4.76. The van der Waals surface area contributed by atoms with Crippen LogP contribution < -0.4 is 15.8 Å². The number of amides is 1. The van der Waals surface area contributed by atoms with Crippen LogP contribution in [0.3, 0.4) is 0 Å². The van der Waals surface area contributed by atoms with Crippen LogP contribution in [-0.2, 0) is 4.79 Å². The maximum Gasteiger partial charge on any atom is 0.241 e. The normalized spacial score (nSPS) is 13.0. The number of hydrogen-bond donors (Lipinski definition) is 2. The molecule has 18 heavy (non-hydrogen) atoms. The van der Waals surface area contributed by atoms with E-state index in [-0.39, 0.29) is 11.3 Å². The van der Waals surface area contributed by atoms with Gasteiger partial charge in [-0.1, -0.05) is 20.8 Å². The predicted molar refractivity (Wildman–Crippen MR) is 76.8 cm³/mol. The largest absolute Gasteiger partial charge is 0.497 e. The highest BCUT2D eigenvalue weighted by Gasteiger charge is 2.27. The van der Waals surface area contributed by atoms with Crippen molar-refractivity contribution in [2.24, 2.45) is 11.1 Å². The van der Waals surface area contributed by atoms with Gasteiger partial charge in [0, 0.05) is 10.5 Å². The Hall–Kier alpha value is -1.07. The molecule has 1 amide bonds. The quantitative estimate of drug-likeness (QED) is 0.901. The fourth-order valence-electron chi connectivity index (χ4n) is 1.33. The SMILES string of the molecule is COc1ccc(Br)c(NC(=O)C(N)C(C)(C)C)c1. The van der Waals surface area contributed by atoms with E-state index < -0.39 is 6.04 Å². The van der Waals surface area contributed by atoms with Crippen LogP contribution in [-0.4, -0.2) is 19.1 Å². The first-order chi connectivity index (χ1) is 8.25. The summed E-state index contributed by atoms with van der Waals surface area (Å²) >= 11 is 3.38. The number of benzene rings is 1. The summed E-state index contributed by atoms with van der Waals surface area (Å²) in [6.07, 6.45) is 0. The average molecular weight is 315 g/mol. The van der Waals surface area contributed by atoms with Crippen molar-refractivity contribution in [2.45, 2.75) is 26.8 Å². The zero-order valence-corrected chi connectivity index (χ0v) is 12.7. The van der Waals surface area contributed by atoms with E-state index in [0.717, 1.165) is 4.47 Å². The average Bonchev–Trinajstić information content (AvgIpc) is 2.29. The highest BCUT2D eigenvalue weighted by molar-refractivity contribution is 9.10. The molecular formula is C13H19BrN2O2. The van der Waals surface area contributed by atoms with Crippen molar-refractivity contribution in [3.63, 3.8) is 0 Å². The van der Waals surface area contributed by atoms with E-state index in [1.165, 1.54) is 0 Å². The molecule has 1 aromatic carbocycles. The molecule has 0 saturated carbocycles. The molecule has 0 radical (unpaired) electrons. The first-order valence-electron chi connectivity index (χ1n) is 5.65.